The highest BCUT2D eigenvalue weighted by Crippen LogP contribution is 2.15. The largest absolute Gasteiger partial charge is 0.340 e. The average molecular weight is 199 g/mol. The highest BCUT2D eigenvalue weighted by molar-refractivity contribution is 5.79. The number of hydrogen-bond acceptors (Lipinski definition) is 3. The molecule has 0 aromatic carbocycles. The van der Waals surface area contributed by atoms with Gasteiger partial charge >= 0.3 is 0 Å². The van der Waals surface area contributed by atoms with Crippen LogP contribution in [-0.4, -0.2) is 55.0 Å². The minimum atomic E-state index is 0.211. The Labute approximate surface area is 86.0 Å². The lowest BCUT2D eigenvalue weighted by atomic mass is 10.00. The van der Waals surface area contributed by atoms with E-state index in [1.54, 1.807) is 0 Å². The summed E-state index contributed by atoms with van der Waals surface area (Å²) in [5.74, 6) is 0.716. The lowest BCUT2D eigenvalue weighted by molar-refractivity contribution is -0.139. The van der Waals surface area contributed by atoms with Gasteiger partial charge in [0.2, 0.25) is 5.91 Å². The molecule has 1 amide bonds. The standard InChI is InChI=1S/C10H21N3O/c1-8(2)9-6-13(5-4-11)7-10(14)12(9)3/h8-9H,4-7,11H2,1-3H3. The van der Waals surface area contributed by atoms with Crippen LogP contribution in [0.4, 0.5) is 0 Å². The predicted octanol–water partition coefficient (Wildman–Crippen LogP) is -0.256. The molecule has 2 N–H and O–H groups in total. The summed E-state index contributed by atoms with van der Waals surface area (Å²) in [6, 6.07) is 0.336. The number of piperazine rings is 1. The maximum Gasteiger partial charge on any atom is 0.236 e. The Morgan fingerprint density at radius 3 is 2.71 bits per heavy atom. The first-order valence-electron chi connectivity index (χ1n) is 5.24. The molecule has 1 aliphatic heterocycles. The molecule has 0 aliphatic carbocycles. The first-order chi connectivity index (χ1) is 6.56. The van der Waals surface area contributed by atoms with Gasteiger partial charge in [0.1, 0.15) is 0 Å². The van der Waals surface area contributed by atoms with E-state index in [1.807, 2.05) is 11.9 Å². The topological polar surface area (TPSA) is 49.6 Å². The van der Waals surface area contributed by atoms with Gasteiger partial charge in [-0.2, -0.15) is 0 Å². The van der Waals surface area contributed by atoms with Crippen molar-refractivity contribution in [3.63, 3.8) is 0 Å². The van der Waals surface area contributed by atoms with E-state index in [0.717, 1.165) is 13.1 Å². The van der Waals surface area contributed by atoms with E-state index < -0.39 is 0 Å². The Balaban J connectivity index is 2.61. The van der Waals surface area contributed by atoms with Gasteiger partial charge < -0.3 is 10.6 Å². The zero-order valence-electron chi connectivity index (χ0n) is 9.36. The van der Waals surface area contributed by atoms with Gasteiger partial charge in [-0.3, -0.25) is 9.69 Å². The van der Waals surface area contributed by atoms with Crippen molar-refractivity contribution in [2.75, 3.05) is 33.2 Å². The molecule has 1 atom stereocenters. The highest BCUT2D eigenvalue weighted by atomic mass is 16.2. The molecule has 1 unspecified atom stereocenters. The maximum absolute atomic E-state index is 11.6. The number of carbonyl (C=O) groups is 1. The summed E-state index contributed by atoms with van der Waals surface area (Å²) in [5, 5.41) is 0. The van der Waals surface area contributed by atoms with Crippen molar-refractivity contribution in [1.29, 1.82) is 0 Å². The number of carbonyl (C=O) groups excluding carboxylic acids is 1. The third-order valence-electron chi connectivity index (χ3n) is 2.91. The van der Waals surface area contributed by atoms with Crippen LogP contribution in [0.15, 0.2) is 0 Å². The van der Waals surface area contributed by atoms with Gasteiger partial charge in [0.05, 0.1) is 6.54 Å². The number of amides is 1. The fourth-order valence-corrected chi connectivity index (χ4v) is 1.95. The molecule has 4 heteroatoms. The summed E-state index contributed by atoms with van der Waals surface area (Å²) < 4.78 is 0. The first kappa shape index (κ1) is 11.5. The molecule has 0 bridgehead atoms. The number of nitrogens with two attached hydrogens (primary N) is 1. The van der Waals surface area contributed by atoms with Crippen molar-refractivity contribution in [2.45, 2.75) is 19.9 Å². The van der Waals surface area contributed by atoms with Crippen LogP contribution in [0, 0.1) is 5.92 Å². The number of rotatable bonds is 3. The Bertz CT molecular complexity index is 206. The molecule has 1 rings (SSSR count). The monoisotopic (exact) mass is 199 g/mol. The van der Waals surface area contributed by atoms with Crippen LogP contribution in [0.5, 0.6) is 0 Å². The van der Waals surface area contributed by atoms with Crippen molar-refractivity contribution in [1.82, 2.24) is 9.80 Å². The van der Waals surface area contributed by atoms with Gasteiger partial charge in [-0.25, -0.2) is 0 Å². The number of nitrogens with zero attached hydrogens (tertiary/aromatic N) is 2. The Hall–Kier alpha value is -0.610. The fraction of sp³-hybridized carbons (Fsp3) is 0.900. The molecule has 1 heterocycles. The Kier molecular flexibility index (Phi) is 3.89. The second-order valence-electron chi connectivity index (χ2n) is 4.34. The second-order valence-corrected chi connectivity index (χ2v) is 4.34. The number of hydrogen-bond donors (Lipinski definition) is 1. The molecule has 0 spiro atoms. The minimum absolute atomic E-state index is 0.211. The minimum Gasteiger partial charge on any atom is -0.340 e. The third-order valence-corrected chi connectivity index (χ3v) is 2.91. The zero-order valence-corrected chi connectivity index (χ0v) is 9.36. The summed E-state index contributed by atoms with van der Waals surface area (Å²) in [4.78, 5) is 15.7. The highest BCUT2D eigenvalue weighted by Gasteiger charge is 2.30. The molecule has 82 valence electrons. The van der Waals surface area contributed by atoms with E-state index in [0.29, 0.717) is 25.0 Å². The smallest absolute Gasteiger partial charge is 0.236 e. The maximum atomic E-state index is 11.6. The van der Waals surface area contributed by atoms with Crippen LogP contribution in [-0.2, 0) is 4.79 Å². The summed E-state index contributed by atoms with van der Waals surface area (Å²) in [5.41, 5.74) is 5.49. The van der Waals surface area contributed by atoms with Crippen LogP contribution in [0.2, 0.25) is 0 Å². The van der Waals surface area contributed by atoms with Crippen molar-refractivity contribution in [2.24, 2.45) is 11.7 Å². The SMILES string of the molecule is CC(C)C1CN(CCN)CC(=O)N1C. The van der Waals surface area contributed by atoms with Gasteiger partial charge in [-0.1, -0.05) is 13.8 Å². The van der Waals surface area contributed by atoms with Crippen LogP contribution in [0.25, 0.3) is 0 Å². The van der Waals surface area contributed by atoms with E-state index in [1.165, 1.54) is 0 Å². The van der Waals surface area contributed by atoms with E-state index >= 15 is 0 Å². The molecular weight excluding hydrogens is 178 g/mol. The zero-order chi connectivity index (χ0) is 10.7. The first-order valence-corrected chi connectivity index (χ1v) is 5.24. The average Bonchev–Trinajstić information content (AvgIpc) is 2.11. The lowest BCUT2D eigenvalue weighted by Crippen LogP contribution is -2.57. The quantitative estimate of drug-likeness (QED) is 0.681. The van der Waals surface area contributed by atoms with E-state index in [-0.39, 0.29) is 5.91 Å². The van der Waals surface area contributed by atoms with Gasteiger partial charge in [-0.05, 0) is 5.92 Å². The van der Waals surface area contributed by atoms with Crippen molar-refractivity contribution in [3.8, 4) is 0 Å². The fourth-order valence-electron chi connectivity index (χ4n) is 1.95. The second kappa shape index (κ2) is 4.75. The van der Waals surface area contributed by atoms with Gasteiger partial charge in [0, 0.05) is 32.7 Å². The lowest BCUT2D eigenvalue weighted by Gasteiger charge is -2.41. The molecule has 1 aliphatic rings. The molecule has 0 aromatic heterocycles. The van der Waals surface area contributed by atoms with Crippen LogP contribution in [0.1, 0.15) is 13.8 Å². The summed E-state index contributed by atoms with van der Waals surface area (Å²) in [6.45, 7) is 7.24. The van der Waals surface area contributed by atoms with Crippen LogP contribution >= 0.6 is 0 Å². The van der Waals surface area contributed by atoms with Crippen molar-refractivity contribution < 1.29 is 4.79 Å². The Morgan fingerprint density at radius 1 is 1.57 bits per heavy atom. The normalized spacial score (nSPS) is 24.8. The predicted molar refractivity (Wildman–Crippen MR) is 56.9 cm³/mol. The van der Waals surface area contributed by atoms with E-state index in [4.69, 9.17) is 5.73 Å². The van der Waals surface area contributed by atoms with Crippen molar-refractivity contribution in [3.05, 3.63) is 0 Å². The summed E-state index contributed by atoms with van der Waals surface area (Å²) in [6.07, 6.45) is 0. The molecule has 1 saturated heterocycles. The molecule has 0 saturated carbocycles. The van der Waals surface area contributed by atoms with Crippen LogP contribution < -0.4 is 5.73 Å². The summed E-state index contributed by atoms with van der Waals surface area (Å²) >= 11 is 0. The number of likely N-dealkylation sites (N-methyl/N-ethyl adjacent to an activating group) is 1. The molecule has 14 heavy (non-hydrogen) atoms. The van der Waals surface area contributed by atoms with Gasteiger partial charge in [0.15, 0.2) is 0 Å². The molecule has 0 radical (unpaired) electrons. The molecular formula is C10H21N3O. The van der Waals surface area contributed by atoms with E-state index in [2.05, 4.69) is 18.7 Å². The Morgan fingerprint density at radius 2 is 2.21 bits per heavy atom. The molecule has 4 nitrogen and oxygen atoms in total. The van der Waals surface area contributed by atoms with Crippen molar-refractivity contribution >= 4 is 5.91 Å². The van der Waals surface area contributed by atoms with E-state index in [9.17, 15) is 4.79 Å². The van der Waals surface area contributed by atoms with Gasteiger partial charge in [-0.15, -0.1) is 0 Å². The molecule has 0 aromatic rings. The van der Waals surface area contributed by atoms with Crippen LogP contribution in [0.3, 0.4) is 0 Å². The third kappa shape index (κ3) is 2.45. The summed E-state index contributed by atoms with van der Waals surface area (Å²) in [7, 11) is 1.90. The molecule has 1 fully saturated rings. The van der Waals surface area contributed by atoms with Gasteiger partial charge in [0.25, 0.3) is 0 Å².